The molecule has 2 rings (SSSR count). The number of carbonyl (C=O) groups excluding carboxylic acids is 1. The number of hydrogen-bond donors (Lipinski definition) is 1. The van der Waals surface area contributed by atoms with Crippen molar-refractivity contribution < 1.29 is 4.79 Å². The van der Waals surface area contributed by atoms with Crippen LogP contribution in [0.25, 0.3) is 0 Å². The molecule has 2 aliphatic heterocycles. The average Bonchev–Trinajstić information content (AvgIpc) is 2.92. The van der Waals surface area contributed by atoms with Crippen LogP contribution in [0.5, 0.6) is 0 Å². The maximum absolute atomic E-state index is 12.0. The predicted octanol–water partition coefficient (Wildman–Crippen LogP) is 2.05. The molecule has 2 amide bonds. The van der Waals surface area contributed by atoms with E-state index in [0.29, 0.717) is 12.1 Å². The minimum Gasteiger partial charge on any atom is -0.335 e. The molecule has 0 aromatic rings. The summed E-state index contributed by atoms with van der Waals surface area (Å²) in [5.41, 5.74) is 0. The van der Waals surface area contributed by atoms with Crippen LogP contribution in [-0.2, 0) is 0 Å². The molecule has 4 heteroatoms. The molecule has 0 bridgehead atoms. The Hall–Kier alpha value is -0.770. The van der Waals surface area contributed by atoms with Crippen LogP contribution >= 0.6 is 0 Å². The minimum atomic E-state index is 0.162. The Bertz CT molecular complexity index is 268. The van der Waals surface area contributed by atoms with Gasteiger partial charge in [-0.3, -0.25) is 0 Å². The molecule has 18 heavy (non-hydrogen) atoms. The largest absolute Gasteiger partial charge is 0.335 e. The molecule has 4 nitrogen and oxygen atoms in total. The molecule has 2 fully saturated rings. The Kier molecular flexibility index (Phi) is 4.87. The molecule has 2 saturated heterocycles. The van der Waals surface area contributed by atoms with Crippen LogP contribution in [0.4, 0.5) is 4.79 Å². The maximum atomic E-state index is 12.0. The van der Waals surface area contributed by atoms with Crippen molar-refractivity contribution in [1.82, 2.24) is 15.1 Å². The summed E-state index contributed by atoms with van der Waals surface area (Å²) in [7, 11) is 0. The second-order valence-corrected chi connectivity index (χ2v) is 5.71. The molecular formula is C14H27N3O. The van der Waals surface area contributed by atoms with Crippen LogP contribution in [0.2, 0.25) is 0 Å². The highest BCUT2D eigenvalue weighted by Crippen LogP contribution is 2.15. The van der Waals surface area contributed by atoms with E-state index in [1.165, 1.54) is 19.3 Å². The van der Waals surface area contributed by atoms with Crippen molar-refractivity contribution in [2.75, 3.05) is 26.2 Å². The SMILES string of the molecule is CCC(C)N1CCC(NC(=O)N2CCCC2)CC1. The van der Waals surface area contributed by atoms with Gasteiger partial charge in [0.15, 0.2) is 0 Å². The minimum absolute atomic E-state index is 0.162. The van der Waals surface area contributed by atoms with Gasteiger partial charge < -0.3 is 15.1 Å². The van der Waals surface area contributed by atoms with Crippen LogP contribution in [0.1, 0.15) is 46.0 Å². The standard InChI is InChI=1S/C14H27N3O/c1-3-12(2)16-10-6-13(7-11-16)15-14(18)17-8-4-5-9-17/h12-13H,3-11H2,1-2H3,(H,15,18). The molecule has 2 heterocycles. The molecular weight excluding hydrogens is 226 g/mol. The first-order valence-corrected chi connectivity index (χ1v) is 7.50. The van der Waals surface area contributed by atoms with Gasteiger partial charge in [0.25, 0.3) is 0 Å². The van der Waals surface area contributed by atoms with Crippen molar-refractivity contribution in [1.29, 1.82) is 0 Å². The van der Waals surface area contributed by atoms with E-state index in [0.717, 1.165) is 39.0 Å². The van der Waals surface area contributed by atoms with E-state index in [-0.39, 0.29) is 6.03 Å². The Morgan fingerprint density at radius 3 is 2.39 bits per heavy atom. The summed E-state index contributed by atoms with van der Waals surface area (Å²) in [4.78, 5) is 16.5. The molecule has 104 valence electrons. The van der Waals surface area contributed by atoms with Gasteiger partial charge in [0.05, 0.1) is 0 Å². The van der Waals surface area contributed by atoms with E-state index in [1.807, 2.05) is 4.90 Å². The van der Waals surface area contributed by atoms with Gasteiger partial charge in [-0.05, 0) is 39.0 Å². The number of piperidine rings is 1. The Labute approximate surface area is 111 Å². The summed E-state index contributed by atoms with van der Waals surface area (Å²) in [6.45, 7) is 8.67. The lowest BCUT2D eigenvalue weighted by atomic mass is 10.0. The molecule has 0 saturated carbocycles. The number of rotatable bonds is 3. The van der Waals surface area contributed by atoms with Crippen LogP contribution in [0, 0.1) is 0 Å². The monoisotopic (exact) mass is 253 g/mol. The molecule has 1 unspecified atom stereocenters. The Morgan fingerprint density at radius 1 is 1.22 bits per heavy atom. The first-order valence-electron chi connectivity index (χ1n) is 7.50. The van der Waals surface area contributed by atoms with Crippen LogP contribution in [0.3, 0.4) is 0 Å². The average molecular weight is 253 g/mol. The van der Waals surface area contributed by atoms with E-state index in [9.17, 15) is 4.79 Å². The third kappa shape index (κ3) is 3.37. The summed E-state index contributed by atoms with van der Waals surface area (Å²) in [6, 6.07) is 1.23. The van der Waals surface area contributed by atoms with E-state index in [2.05, 4.69) is 24.1 Å². The number of nitrogens with one attached hydrogen (secondary N) is 1. The summed E-state index contributed by atoms with van der Waals surface area (Å²) < 4.78 is 0. The van der Waals surface area contributed by atoms with Crippen molar-refractivity contribution in [3.63, 3.8) is 0 Å². The second kappa shape index (κ2) is 6.41. The summed E-state index contributed by atoms with van der Waals surface area (Å²) in [5, 5.41) is 3.20. The van der Waals surface area contributed by atoms with Crippen molar-refractivity contribution in [2.45, 2.75) is 58.0 Å². The predicted molar refractivity (Wildman–Crippen MR) is 73.7 cm³/mol. The quantitative estimate of drug-likeness (QED) is 0.835. The van der Waals surface area contributed by atoms with Crippen LogP contribution < -0.4 is 5.32 Å². The van der Waals surface area contributed by atoms with Gasteiger partial charge in [-0.15, -0.1) is 0 Å². The third-order valence-electron chi connectivity index (χ3n) is 4.46. The molecule has 0 aliphatic carbocycles. The lowest BCUT2D eigenvalue weighted by Gasteiger charge is -2.36. The summed E-state index contributed by atoms with van der Waals surface area (Å²) >= 11 is 0. The van der Waals surface area contributed by atoms with Gasteiger partial charge in [0.1, 0.15) is 0 Å². The maximum Gasteiger partial charge on any atom is 0.317 e. The van der Waals surface area contributed by atoms with Gasteiger partial charge in [0, 0.05) is 38.3 Å². The normalized spacial score (nSPS) is 24.2. The molecule has 0 radical (unpaired) electrons. The number of hydrogen-bond acceptors (Lipinski definition) is 2. The number of carbonyl (C=O) groups is 1. The van der Waals surface area contributed by atoms with Crippen molar-refractivity contribution in [3.05, 3.63) is 0 Å². The van der Waals surface area contributed by atoms with Gasteiger partial charge >= 0.3 is 6.03 Å². The highest BCUT2D eigenvalue weighted by Gasteiger charge is 2.25. The highest BCUT2D eigenvalue weighted by molar-refractivity contribution is 5.74. The fourth-order valence-corrected chi connectivity index (χ4v) is 2.93. The smallest absolute Gasteiger partial charge is 0.317 e. The first kappa shape index (κ1) is 13.7. The molecule has 0 aromatic heterocycles. The number of amides is 2. The second-order valence-electron chi connectivity index (χ2n) is 5.71. The Morgan fingerprint density at radius 2 is 1.83 bits per heavy atom. The summed E-state index contributed by atoms with van der Waals surface area (Å²) in [5.74, 6) is 0. The third-order valence-corrected chi connectivity index (χ3v) is 4.46. The number of urea groups is 1. The molecule has 1 atom stereocenters. The molecule has 0 aromatic carbocycles. The Balaban J connectivity index is 1.71. The lowest BCUT2D eigenvalue weighted by molar-refractivity contribution is 0.145. The first-order chi connectivity index (χ1) is 8.70. The number of nitrogens with zero attached hydrogens (tertiary/aromatic N) is 2. The van der Waals surface area contributed by atoms with Crippen molar-refractivity contribution in [2.24, 2.45) is 0 Å². The van der Waals surface area contributed by atoms with E-state index in [1.54, 1.807) is 0 Å². The fraction of sp³-hybridized carbons (Fsp3) is 0.929. The van der Waals surface area contributed by atoms with Crippen LogP contribution in [0.15, 0.2) is 0 Å². The van der Waals surface area contributed by atoms with Crippen molar-refractivity contribution in [3.8, 4) is 0 Å². The van der Waals surface area contributed by atoms with E-state index in [4.69, 9.17) is 0 Å². The zero-order valence-corrected chi connectivity index (χ0v) is 11.8. The van der Waals surface area contributed by atoms with E-state index >= 15 is 0 Å². The molecule has 1 N–H and O–H groups in total. The van der Waals surface area contributed by atoms with Crippen LogP contribution in [-0.4, -0.2) is 54.1 Å². The highest BCUT2D eigenvalue weighted by atomic mass is 16.2. The molecule has 0 spiro atoms. The zero-order valence-electron chi connectivity index (χ0n) is 11.8. The summed E-state index contributed by atoms with van der Waals surface area (Å²) in [6.07, 6.45) is 5.75. The van der Waals surface area contributed by atoms with Gasteiger partial charge in [-0.1, -0.05) is 6.92 Å². The number of likely N-dealkylation sites (tertiary alicyclic amines) is 2. The topological polar surface area (TPSA) is 35.6 Å². The zero-order chi connectivity index (χ0) is 13.0. The lowest BCUT2D eigenvalue weighted by Crippen LogP contribution is -2.50. The van der Waals surface area contributed by atoms with Crippen molar-refractivity contribution >= 4 is 6.03 Å². The van der Waals surface area contributed by atoms with Gasteiger partial charge in [-0.25, -0.2) is 4.79 Å². The molecule has 2 aliphatic rings. The fourth-order valence-electron chi connectivity index (χ4n) is 2.93. The van der Waals surface area contributed by atoms with Gasteiger partial charge in [0.2, 0.25) is 0 Å². The van der Waals surface area contributed by atoms with Gasteiger partial charge in [-0.2, -0.15) is 0 Å². The van der Waals surface area contributed by atoms with E-state index < -0.39 is 0 Å².